The maximum atomic E-state index is 12.4. The first-order valence-electron chi connectivity index (χ1n) is 4.37. The third kappa shape index (κ3) is 2.94. The molecule has 0 bridgehead atoms. The van der Waals surface area contributed by atoms with Crippen molar-refractivity contribution in [3.05, 3.63) is 35.9 Å². The van der Waals surface area contributed by atoms with E-state index in [1.165, 1.54) is 7.11 Å². The molecule has 0 aliphatic carbocycles. The normalized spacial score (nSPS) is 16.1. The van der Waals surface area contributed by atoms with Gasteiger partial charge in [-0.05, 0) is 5.56 Å². The zero-order valence-corrected chi connectivity index (χ0v) is 8.16. The number of benzene rings is 1. The third-order valence-electron chi connectivity index (χ3n) is 2.09. The van der Waals surface area contributed by atoms with E-state index in [1.807, 2.05) is 0 Å². The molecule has 0 aromatic heterocycles. The van der Waals surface area contributed by atoms with E-state index >= 15 is 0 Å². The van der Waals surface area contributed by atoms with E-state index in [0.29, 0.717) is 5.56 Å². The summed E-state index contributed by atoms with van der Waals surface area (Å²) in [5, 5.41) is 0. The molecule has 0 spiro atoms. The summed E-state index contributed by atoms with van der Waals surface area (Å²) < 4.78 is 41.9. The average molecular weight is 219 g/mol. The van der Waals surface area contributed by atoms with Crippen molar-refractivity contribution >= 4 is 0 Å². The van der Waals surface area contributed by atoms with Gasteiger partial charge in [0.1, 0.15) is 12.1 Å². The Kier molecular flexibility index (Phi) is 3.71. The third-order valence-corrected chi connectivity index (χ3v) is 2.09. The maximum Gasteiger partial charge on any atom is 0.406 e. The number of halogens is 3. The Hall–Kier alpha value is -1.07. The molecule has 1 rings (SSSR count). The number of nitrogens with two attached hydrogens (primary N) is 1. The van der Waals surface area contributed by atoms with Crippen molar-refractivity contribution in [2.75, 3.05) is 7.11 Å². The van der Waals surface area contributed by atoms with E-state index in [9.17, 15) is 13.2 Å². The average Bonchev–Trinajstić information content (AvgIpc) is 2.19. The van der Waals surface area contributed by atoms with Crippen molar-refractivity contribution < 1.29 is 17.9 Å². The highest BCUT2D eigenvalue weighted by molar-refractivity contribution is 5.19. The molecule has 1 aromatic carbocycles. The fraction of sp³-hybridized carbons (Fsp3) is 0.400. The van der Waals surface area contributed by atoms with Gasteiger partial charge in [0.05, 0.1) is 0 Å². The molecule has 0 amide bonds. The Labute approximate surface area is 85.8 Å². The highest BCUT2D eigenvalue weighted by Crippen LogP contribution is 2.30. The molecule has 5 heteroatoms. The van der Waals surface area contributed by atoms with Crippen LogP contribution >= 0.6 is 0 Å². The van der Waals surface area contributed by atoms with Gasteiger partial charge in [0.25, 0.3) is 0 Å². The predicted molar refractivity (Wildman–Crippen MR) is 50.2 cm³/mol. The second-order valence-electron chi connectivity index (χ2n) is 3.13. The van der Waals surface area contributed by atoms with Gasteiger partial charge in [-0.1, -0.05) is 30.3 Å². The summed E-state index contributed by atoms with van der Waals surface area (Å²) in [7, 11) is 1.21. The summed E-state index contributed by atoms with van der Waals surface area (Å²) in [6.45, 7) is 0. The van der Waals surface area contributed by atoms with Gasteiger partial charge < -0.3 is 10.5 Å². The molecule has 2 nitrogen and oxygen atoms in total. The number of ether oxygens (including phenoxy) is 1. The van der Waals surface area contributed by atoms with E-state index in [4.69, 9.17) is 10.5 Å². The van der Waals surface area contributed by atoms with Crippen LogP contribution in [0.1, 0.15) is 11.7 Å². The minimum absolute atomic E-state index is 0.421. The zero-order chi connectivity index (χ0) is 11.5. The van der Waals surface area contributed by atoms with E-state index in [2.05, 4.69) is 0 Å². The van der Waals surface area contributed by atoms with Crippen molar-refractivity contribution in [2.24, 2.45) is 5.73 Å². The molecule has 1 aromatic rings. The lowest BCUT2D eigenvalue weighted by molar-refractivity contribution is -0.173. The molecule has 0 radical (unpaired) electrons. The second-order valence-corrected chi connectivity index (χ2v) is 3.13. The Morgan fingerprint density at radius 2 is 1.73 bits per heavy atom. The molecule has 0 saturated carbocycles. The molecule has 0 aliphatic rings. The van der Waals surface area contributed by atoms with Crippen molar-refractivity contribution in [3.8, 4) is 0 Å². The van der Waals surface area contributed by atoms with Crippen LogP contribution in [-0.4, -0.2) is 19.3 Å². The van der Waals surface area contributed by atoms with Crippen LogP contribution in [0.3, 0.4) is 0 Å². The summed E-state index contributed by atoms with van der Waals surface area (Å²) in [6.07, 6.45) is -5.62. The smallest absolute Gasteiger partial charge is 0.375 e. The fourth-order valence-electron chi connectivity index (χ4n) is 1.30. The summed E-state index contributed by atoms with van der Waals surface area (Å²) in [5.41, 5.74) is 5.51. The molecule has 0 aliphatic heterocycles. The lowest BCUT2D eigenvalue weighted by Gasteiger charge is -2.24. The number of hydrogen-bond acceptors (Lipinski definition) is 2. The Balaban J connectivity index is 2.90. The molecular weight excluding hydrogens is 207 g/mol. The minimum atomic E-state index is -4.46. The minimum Gasteiger partial charge on any atom is -0.375 e. The molecule has 0 fully saturated rings. The summed E-state index contributed by atoms with van der Waals surface area (Å²) >= 11 is 0. The second kappa shape index (κ2) is 4.63. The predicted octanol–water partition coefficient (Wildman–Crippen LogP) is 2.26. The van der Waals surface area contributed by atoms with Gasteiger partial charge in [-0.3, -0.25) is 0 Å². The molecule has 84 valence electrons. The highest BCUT2D eigenvalue weighted by Gasteiger charge is 2.42. The number of methoxy groups -OCH3 is 1. The van der Waals surface area contributed by atoms with Gasteiger partial charge in [0.15, 0.2) is 0 Å². The van der Waals surface area contributed by atoms with Gasteiger partial charge in [-0.15, -0.1) is 0 Å². The van der Waals surface area contributed by atoms with Crippen LogP contribution in [0.5, 0.6) is 0 Å². The van der Waals surface area contributed by atoms with Crippen LogP contribution in [0.25, 0.3) is 0 Å². The summed E-state index contributed by atoms with van der Waals surface area (Å²) in [4.78, 5) is 0. The largest absolute Gasteiger partial charge is 0.406 e. The molecule has 2 N–H and O–H groups in total. The van der Waals surface area contributed by atoms with E-state index in [1.54, 1.807) is 30.3 Å². The summed E-state index contributed by atoms with van der Waals surface area (Å²) in [5.74, 6) is 0. The molecule has 15 heavy (non-hydrogen) atoms. The number of hydrogen-bond donors (Lipinski definition) is 1. The quantitative estimate of drug-likeness (QED) is 0.846. The van der Waals surface area contributed by atoms with Crippen molar-refractivity contribution in [1.29, 1.82) is 0 Å². The van der Waals surface area contributed by atoms with Crippen LogP contribution in [0.2, 0.25) is 0 Å². The Bertz CT molecular complexity index is 299. The molecule has 0 unspecified atom stereocenters. The van der Waals surface area contributed by atoms with Crippen LogP contribution < -0.4 is 5.73 Å². The molecule has 0 saturated heterocycles. The van der Waals surface area contributed by atoms with Gasteiger partial charge in [0, 0.05) is 7.11 Å². The lowest BCUT2D eigenvalue weighted by atomic mass is 10.0. The lowest BCUT2D eigenvalue weighted by Crippen LogP contribution is -2.43. The zero-order valence-electron chi connectivity index (χ0n) is 8.16. The SMILES string of the molecule is CO[C@@H](c1ccccc1)[C@H](N)C(F)(F)F. The fourth-order valence-corrected chi connectivity index (χ4v) is 1.30. The van der Waals surface area contributed by atoms with Crippen molar-refractivity contribution in [1.82, 2.24) is 0 Å². The topological polar surface area (TPSA) is 35.2 Å². The van der Waals surface area contributed by atoms with Gasteiger partial charge in [0.2, 0.25) is 0 Å². The maximum absolute atomic E-state index is 12.4. The van der Waals surface area contributed by atoms with E-state index in [-0.39, 0.29) is 0 Å². The van der Waals surface area contributed by atoms with E-state index < -0.39 is 18.3 Å². The van der Waals surface area contributed by atoms with Crippen LogP contribution in [-0.2, 0) is 4.74 Å². The Morgan fingerprint density at radius 1 is 1.20 bits per heavy atom. The first kappa shape index (κ1) is 12.0. The molecular formula is C10H12F3NO. The van der Waals surface area contributed by atoms with Crippen LogP contribution in [0.4, 0.5) is 13.2 Å². The molecule has 0 heterocycles. The standard InChI is InChI=1S/C10H12F3NO/c1-15-8(9(14)10(11,12)13)7-5-3-2-4-6-7/h2-6,8-9H,14H2,1H3/t8-,9-/m0/s1. The van der Waals surface area contributed by atoms with Crippen LogP contribution in [0.15, 0.2) is 30.3 Å². The molecule has 2 atom stereocenters. The van der Waals surface area contributed by atoms with Crippen LogP contribution in [0, 0.1) is 0 Å². The van der Waals surface area contributed by atoms with Crippen molar-refractivity contribution in [3.63, 3.8) is 0 Å². The first-order valence-corrected chi connectivity index (χ1v) is 4.37. The van der Waals surface area contributed by atoms with Crippen molar-refractivity contribution in [2.45, 2.75) is 18.3 Å². The number of rotatable bonds is 3. The monoisotopic (exact) mass is 219 g/mol. The number of alkyl halides is 3. The van der Waals surface area contributed by atoms with Gasteiger partial charge >= 0.3 is 6.18 Å². The van der Waals surface area contributed by atoms with E-state index in [0.717, 1.165) is 0 Å². The van der Waals surface area contributed by atoms with Gasteiger partial charge in [-0.25, -0.2) is 0 Å². The first-order chi connectivity index (χ1) is 6.96. The summed E-state index contributed by atoms with van der Waals surface area (Å²) in [6, 6.07) is 6.11. The highest BCUT2D eigenvalue weighted by atomic mass is 19.4. The van der Waals surface area contributed by atoms with Gasteiger partial charge in [-0.2, -0.15) is 13.2 Å². The Morgan fingerprint density at radius 3 is 2.13 bits per heavy atom.